The van der Waals surface area contributed by atoms with E-state index in [1.807, 2.05) is 54.3 Å². The van der Waals surface area contributed by atoms with Gasteiger partial charge in [-0.2, -0.15) is 0 Å². The summed E-state index contributed by atoms with van der Waals surface area (Å²) in [4.78, 5) is 15.0. The van der Waals surface area contributed by atoms with Gasteiger partial charge in [-0.05, 0) is 49.6 Å². The van der Waals surface area contributed by atoms with E-state index in [-0.39, 0.29) is 17.7 Å². The maximum absolute atomic E-state index is 13.0. The van der Waals surface area contributed by atoms with E-state index in [1.54, 1.807) is 0 Å². The number of likely N-dealkylation sites (tertiary alicyclic amines) is 1. The van der Waals surface area contributed by atoms with Crippen molar-refractivity contribution in [3.05, 3.63) is 53.6 Å². The summed E-state index contributed by atoms with van der Waals surface area (Å²) in [5, 5.41) is 8.61. The molecule has 32 heavy (non-hydrogen) atoms. The molecule has 0 radical (unpaired) electrons. The summed E-state index contributed by atoms with van der Waals surface area (Å²) in [5.74, 6) is 2.34. The fourth-order valence-corrected chi connectivity index (χ4v) is 4.74. The lowest BCUT2D eigenvalue weighted by atomic mass is 10.0. The number of aryl methyl sites for hydroxylation is 1. The van der Waals surface area contributed by atoms with Gasteiger partial charge in [0.15, 0.2) is 11.5 Å². The van der Waals surface area contributed by atoms with Crippen LogP contribution >= 0.6 is 11.8 Å². The Morgan fingerprint density at radius 2 is 1.88 bits per heavy atom. The quantitative estimate of drug-likeness (QED) is 0.522. The number of thioether (sulfide) groups is 1. The molecule has 1 aromatic heterocycles. The van der Waals surface area contributed by atoms with Gasteiger partial charge in [-0.3, -0.25) is 4.79 Å². The number of ether oxygens (including phenoxy) is 2. The van der Waals surface area contributed by atoms with Gasteiger partial charge in [0.05, 0.1) is 25.0 Å². The Labute approximate surface area is 191 Å². The zero-order valence-electron chi connectivity index (χ0n) is 18.0. The molecule has 0 aliphatic carbocycles. The Balaban J connectivity index is 1.24. The largest absolute Gasteiger partial charge is 0.490 e. The second kappa shape index (κ2) is 9.24. The number of rotatable bonds is 5. The molecule has 2 aromatic carbocycles. The van der Waals surface area contributed by atoms with Crippen LogP contribution in [0.25, 0.3) is 11.5 Å². The first-order valence-corrected chi connectivity index (χ1v) is 11.9. The molecule has 2 aliphatic rings. The summed E-state index contributed by atoms with van der Waals surface area (Å²) in [6.07, 6.45) is 2.79. The van der Waals surface area contributed by atoms with Gasteiger partial charge in [-0.15, -0.1) is 10.2 Å². The van der Waals surface area contributed by atoms with Crippen LogP contribution in [-0.2, 0) is 4.79 Å². The normalized spacial score (nSPS) is 17.9. The number of nitrogens with zero attached hydrogens (tertiary/aromatic N) is 3. The lowest BCUT2D eigenvalue weighted by Crippen LogP contribution is -2.32. The number of benzene rings is 2. The molecule has 0 saturated carbocycles. The summed E-state index contributed by atoms with van der Waals surface area (Å²) in [7, 11) is 0. The van der Waals surface area contributed by atoms with Crippen molar-refractivity contribution < 1.29 is 18.7 Å². The van der Waals surface area contributed by atoms with Crippen molar-refractivity contribution >= 4 is 17.7 Å². The molecule has 3 aromatic rings. The fraction of sp³-hybridized carbons (Fsp3) is 0.375. The lowest BCUT2D eigenvalue weighted by Gasteiger charge is -2.25. The van der Waals surface area contributed by atoms with E-state index < -0.39 is 0 Å². The van der Waals surface area contributed by atoms with Crippen LogP contribution in [0.4, 0.5) is 0 Å². The molecule has 8 heteroatoms. The van der Waals surface area contributed by atoms with Crippen LogP contribution in [0.2, 0.25) is 0 Å². The molecule has 1 saturated heterocycles. The average molecular weight is 452 g/mol. The fourth-order valence-electron chi connectivity index (χ4n) is 4.09. The molecule has 5 rings (SSSR count). The predicted octanol–water partition coefficient (Wildman–Crippen LogP) is 4.66. The van der Waals surface area contributed by atoms with E-state index in [9.17, 15) is 4.79 Å². The number of aromatic nitrogens is 2. The zero-order valence-corrected chi connectivity index (χ0v) is 18.8. The lowest BCUT2D eigenvalue weighted by molar-refractivity contribution is -0.129. The second-order valence-electron chi connectivity index (χ2n) is 8.03. The first kappa shape index (κ1) is 20.9. The minimum absolute atomic E-state index is 0.0473. The topological polar surface area (TPSA) is 77.7 Å². The maximum atomic E-state index is 13.0. The van der Waals surface area contributed by atoms with Crippen LogP contribution in [0.5, 0.6) is 11.5 Å². The monoisotopic (exact) mass is 451 g/mol. The third kappa shape index (κ3) is 4.46. The molecule has 0 spiro atoms. The number of carbonyl (C=O) groups is 1. The van der Waals surface area contributed by atoms with Gasteiger partial charge >= 0.3 is 0 Å². The highest BCUT2D eigenvalue weighted by Crippen LogP contribution is 2.38. The van der Waals surface area contributed by atoms with Crippen molar-refractivity contribution in [2.75, 3.05) is 25.5 Å². The Morgan fingerprint density at radius 1 is 1.06 bits per heavy atom. The molecule has 0 N–H and O–H groups in total. The molecule has 2 aliphatic heterocycles. The van der Waals surface area contributed by atoms with Crippen LogP contribution in [0, 0.1) is 6.92 Å². The molecule has 3 heterocycles. The summed E-state index contributed by atoms with van der Waals surface area (Å²) in [6, 6.07) is 14.0. The van der Waals surface area contributed by atoms with E-state index in [0.717, 1.165) is 48.4 Å². The van der Waals surface area contributed by atoms with Crippen LogP contribution in [0.15, 0.2) is 52.1 Å². The van der Waals surface area contributed by atoms with Gasteiger partial charge in [0, 0.05) is 18.5 Å². The van der Waals surface area contributed by atoms with Crippen molar-refractivity contribution in [3.63, 3.8) is 0 Å². The number of fused-ring (bicyclic) bond motifs is 1. The highest BCUT2D eigenvalue weighted by Gasteiger charge is 2.31. The molecule has 7 nitrogen and oxygen atoms in total. The molecule has 1 amide bonds. The summed E-state index contributed by atoms with van der Waals surface area (Å²) >= 11 is 1.28. The third-order valence-corrected chi connectivity index (χ3v) is 6.56. The van der Waals surface area contributed by atoms with Crippen LogP contribution in [0.3, 0.4) is 0 Å². The second-order valence-corrected chi connectivity index (χ2v) is 8.96. The SMILES string of the molecule is Cc1ccc(-c2nnc(SCC(=O)N3CCCC3c3ccc4c(c3)OCCCO4)o2)cc1. The highest BCUT2D eigenvalue weighted by molar-refractivity contribution is 7.99. The van der Waals surface area contributed by atoms with Crippen molar-refractivity contribution in [1.29, 1.82) is 0 Å². The molecule has 1 fully saturated rings. The predicted molar refractivity (Wildman–Crippen MR) is 121 cm³/mol. The van der Waals surface area contributed by atoms with Gasteiger partial charge in [-0.1, -0.05) is 35.5 Å². The highest BCUT2D eigenvalue weighted by atomic mass is 32.2. The van der Waals surface area contributed by atoms with Crippen LogP contribution in [-0.4, -0.2) is 46.5 Å². The van der Waals surface area contributed by atoms with E-state index in [2.05, 4.69) is 10.2 Å². The molecule has 166 valence electrons. The van der Waals surface area contributed by atoms with Crippen LogP contribution < -0.4 is 9.47 Å². The van der Waals surface area contributed by atoms with E-state index in [1.165, 1.54) is 17.3 Å². The van der Waals surface area contributed by atoms with Crippen molar-refractivity contribution in [2.24, 2.45) is 0 Å². The summed E-state index contributed by atoms with van der Waals surface area (Å²) in [6.45, 7) is 4.09. The smallest absolute Gasteiger partial charge is 0.277 e. The number of amides is 1. The molecular formula is C24H25N3O4S. The minimum atomic E-state index is 0.0473. The van der Waals surface area contributed by atoms with Gasteiger partial charge < -0.3 is 18.8 Å². The van der Waals surface area contributed by atoms with E-state index in [4.69, 9.17) is 13.9 Å². The standard InChI is InChI=1S/C24H25N3O4S/c1-16-5-7-17(8-6-16)23-25-26-24(31-23)32-15-22(28)27-11-2-4-19(27)18-9-10-20-21(14-18)30-13-3-12-29-20/h5-10,14,19H,2-4,11-13,15H2,1H3. The van der Waals surface area contributed by atoms with Crippen molar-refractivity contribution in [1.82, 2.24) is 15.1 Å². The number of hydrogen-bond donors (Lipinski definition) is 0. The van der Waals surface area contributed by atoms with E-state index >= 15 is 0 Å². The van der Waals surface area contributed by atoms with Gasteiger partial charge in [0.2, 0.25) is 11.8 Å². The summed E-state index contributed by atoms with van der Waals surface area (Å²) in [5.41, 5.74) is 3.13. The Kier molecular flexibility index (Phi) is 6.03. The van der Waals surface area contributed by atoms with Gasteiger partial charge in [-0.25, -0.2) is 0 Å². The maximum Gasteiger partial charge on any atom is 0.277 e. The average Bonchev–Trinajstić information content (AvgIpc) is 3.43. The number of carbonyl (C=O) groups excluding carboxylic acids is 1. The Bertz CT molecular complexity index is 1100. The van der Waals surface area contributed by atoms with Crippen LogP contribution in [0.1, 0.15) is 36.4 Å². The summed E-state index contributed by atoms with van der Waals surface area (Å²) < 4.78 is 17.3. The van der Waals surface area contributed by atoms with Crippen molar-refractivity contribution in [2.45, 2.75) is 37.5 Å². The first-order valence-electron chi connectivity index (χ1n) is 10.9. The van der Waals surface area contributed by atoms with Gasteiger partial charge in [0.1, 0.15) is 0 Å². The minimum Gasteiger partial charge on any atom is -0.490 e. The molecule has 0 bridgehead atoms. The zero-order chi connectivity index (χ0) is 21.9. The van der Waals surface area contributed by atoms with Gasteiger partial charge in [0.25, 0.3) is 5.22 Å². The number of hydrogen-bond acceptors (Lipinski definition) is 7. The van der Waals surface area contributed by atoms with E-state index in [0.29, 0.717) is 24.3 Å². The molecule has 1 unspecified atom stereocenters. The van der Waals surface area contributed by atoms with Crippen molar-refractivity contribution in [3.8, 4) is 23.0 Å². The Morgan fingerprint density at radius 3 is 2.72 bits per heavy atom. The first-order chi connectivity index (χ1) is 15.7. The Hall–Kier alpha value is -3.00. The molecular weight excluding hydrogens is 426 g/mol. The molecule has 1 atom stereocenters. The third-order valence-electron chi connectivity index (χ3n) is 5.75.